The van der Waals surface area contributed by atoms with E-state index in [0.717, 1.165) is 17.7 Å². The molecule has 0 aliphatic rings. The molecule has 0 saturated heterocycles. The van der Waals surface area contributed by atoms with Gasteiger partial charge in [0.2, 0.25) is 0 Å². The van der Waals surface area contributed by atoms with Crippen LogP contribution in [-0.4, -0.2) is 6.61 Å². The smallest absolute Gasteiger partial charge is 0.123 e. The molecular formula is C11H13NO. The Balaban J connectivity index is 3.13. The minimum Gasteiger partial charge on any atom is -0.494 e. The van der Waals surface area contributed by atoms with Crippen molar-refractivity contribution < 1.29 is 4.74 Å². The molecule has 0 aliphatic heterocycles. The molecule has 2 nitrogen and oxygen atoms in total. The average molecular weight is 175 g/mol. The van der Waals surface area contributed by atoms with Gasteiger partial charge < -0.3 is 4.74 Å². The van der Waals surface area contributed by atoms with Gasteiger partial charge in [-0.2, -0.15) is 5.26 Å². The van der Waals surface area contributed by atoms with Gasteiger partial charge in [0.15, 0.2) is 0 Å². The quantitative estimate of drug-likeness (QED) is 0.707. The molecule has 1 rings (SSSR count). The summed E-state index contributed by atoms with van der Waals surface area (Å²) in [6, 6.07) is 7.74. The molecule has 1 aromatic carbocycles. The molecule has 0 heterocycles. The lowest BCUT2D eigenvalue weighted by molar-refractivity contribution is 0.336. The number of hydrogen-bond donors (Lipinski definition) is 0. The standard InChI is InChI=1S/C11H13NO/c1-3-10-9(8-12)6-5-7-11(10)13-4-2/h5-7H,3-4H2,1-2H3. The zero-order valence-electron chi connectivity index (χ0n) is 8.00. The predicted octanol–water partition coefficient (Wildman–Crippen LogP) is 2.52. The van der Waals surface area contributed by atoms with Crippen LogP contribution in [0.1, 0.15) is 25.0 Å². The Kier molecular flexibility index (Phi) is 3.33. The Morgan fingerprint density at radius 2 is 2.15 bits per heavy atom. The lowest BCUT2D eigenvalue weighted by Crippen LogP contribution is -1.97. The summed E-state index contributed by atoms with van der Waals surface area (Å²) in [5, 5.41) is 8.84. The van der Waals surface area contributed by atoms with Crippen molar-refractivity contribution in [3.63, 3.8) is 0 Å². The van der Waals surface area contributed by atoms with E-state index in [1.54, 1.807) is 0 Å². The van der Waals surface area contributed by atoms with Gasteiger partial charge in [0, 0.05) is 5.56 Å². The fourth-order valence-corrected chi connectivity index (χ4v) is 1.33. The number of rotatable bonds is 3. The predicted molar refractivity (Wildman–Crippen MR) is 51.7 cm³/mol. The summed E-state index contributed by atoms with van der Waals surface area (Å²) in [6.07, 6.45) is 0.832. The van der Waals surface area contributed by atoms with Crippen molar-refractivity contribution in [3.8, 4) is 11.8 Å². The number of nitriles is 1. The molecule has 0 unspecified atom stereocenters. The first-order valence-corrected chi connectivity index (χ1v) is 4.48. The SMILES string of the molecule is CCOc1cccc(C#N)c1CC. The van der Waals surface area contributed by atoms with E-state index in [0.29, 0.717) is 12.2 Å². The van der Waals surface area contributed by atoms with E-state index in [9.17, 15) is 0 Å². The van der Waals surface area contributed by atoms with Gasteiger partial charge in [0.05, 0.1) is 18.2 Å². The molecule has 0 spiro atoms. The van der Waals surface area contributed by atoms with E-state index in [1.165, 1.54) is 0 Å². The first-order valence-electron chi connectivity index (χ1n) is 4.48. The van der Waals surface area contributed by atoms with Gasteiger partial charge >= 0.3 is 0 Å². The highest BCUT2D eigenvalue weighted by atomic mass is 16.5. The normalized spacial score (nSPS) is 9.31. The van der Waals surface area contributed by atoms with E-state index < -0.39 is 0 Å². The van der Waals surface area contributed by atoms with Gasteiger partial charge in [0.25, 0.3) is 0 Å². The first-order chi connectivity index (χ1) is 6.33. The Morgan fingerprint density at radius 3 is 2.69 bits per heavy atom. The molecule has 2 heteroatoms. The largest absolute Gasteiger partial charge is 0.494 e. The lowest BCUT2D eigenvalue weighted by atomic mass is 10.1. The number of nitrogens with zero attached hydrogens (tertiary/aromatic N) is 1. The molecule has 0 N–H and O–H groups in total. The van der Waals surface area contributed by atoms with Crippen LogP contribution in [0.2, 0.25) is 0 Å². The maximum atomic E-state index is 8.84. The Hall–Kier alpha value is -1.49. The highest BCUT2D eigenvalue weighted by Crippen LogP contribution is 2.22. The summed E-state index contributed by atoms with van der Waals surface area (Å²) in [5.74, 6) is 0.837. The summed E-state index contributed by atoms with van der Waals surface area (Å²) >= 11 is 0. The molecule has 0 amide bonds. The molecule has 0 bridgehead atoms. The van der Waals surface area contributed by atoms with Gasteiger partial charge in [-0.25, -0.2) is 0 Å². The van der Waals surface area contributed by atoms with Crippen molar-refractivity contribution in [1.29, 1.82) is 5.26 Å². The lowest BCUT2D eigenvalue weighted by Gasteiger charge is -2.09. The third kappa shape index (κ3) is 2.00. The summed E-state index contributed by atoms with van der Waals surface area (Å²) in [4.78, 5) is 0. The van der Waals surface area contributed by atoms with Crippen LogP contribution < -0.4 is 4.74 Å². The third-order valence-corrected chi connectivity index (χ3v) is 1.91. The van der Waals surface area contributed by atoms with Crippen LogP contribution in [0.25, 0.3) is 0 Å². The van der Waals surface area contributed by atoms with Crippen LogP contribution in [0.5, 0.6) is 5.75 Å². The minimum absolute atomic E-state index is 0.641. The van der Waals surface area contributed by atoms with E-state index in [2.05, 4.69) is 6.07 Å². The van der Waals surface area contributed by atoms with Crippen LogP contribution in [0.4, 0.5) is 0 Å². The number of ether oxygens (including phenoxy) is 1. The maximum absolute atomic E-state index is 8.84. The van der Waals surface area contributed by atoms with E-state index in [1.807, 2.05) is 32.0 Å². The second-order valence-corrected chi connectivity index (χ2v) is 2.68. The molecule has 1 aromatic rings. The fraction of sp³-hybridized carbons (Fsp3) is 0.364. The zero-order valence-corrected chi connectivity index (χ0v) is 8.00. The summed E-state index contributed by atoms with van der Waals surface area (Å²) in [6.45, 7) is 4.61. The van der Waals surface area contributed by atoms with Crippen molar-refractivity contribution in [3.05, 3.63) is 29.3 Å². The van der Waals surface area contributed by atoms with Gasteiger partial charge in [-0.1, -0.05) is 13.0 Å². The van der Waals surface area contributed by atoms with Crippen molar-refractivity contribution in [1.82, 2.24) is 0 Å². The van der Waals surface area contributed by atoms with E-state index in [-0.39, 0.29) is 0 Å². The van der Waals surface area contributed by atoms with Gasteiger partial charge in [0.1, 0.15) is 5.75 Å². The molecular weight excluding hydrogens is 162 g/mol. The molecule has 68 valence electrons. The third-order valence-electron chi connectivity index (χ3n) is 1.91. The Labute approximate surface area is 78.8 Å². The fourth-order valence-electron chi connectivity index (χ4n) is 1.33. The topological polar surface area (TPSA) is 33.0 Å². The van der Waals surface area contributed by atoms with Crippen molar-refractivity contribution >= 4 is 0 Å². The van der Waals surface area contributed by atoms with Crippen molar-refractivity contribution in [2.75, 3.05) is 6.61 Å². The molecule has 0 saturated carbocycles. The molecule has 0 atom stereocenters. The molecule has 0 aliphatic carbocycles. The first kappa shape index (κ1) is 9.60. The van der Waals surface area contributed by atoms with E-state index >= 15 is 0 Å². The second-order valence-electron chi connectivity index (χ2n) is 2.68. The summed E-state index contributed by atoms with van der Waals surface area (Å²) in [7, 11) is 0. The van der Waals surface area contributed by atoms with Gasteiger partial charge in [-0.05, 0) is 25.5 Å². The summed E-state index contributed by atoms with van der Waals surface area (Å²) < 4.78 is 5.42. The van der Waals surface area contributed by atoms with Crippen LogP contribution in [0.3, 0.4) is 0 Å². The number of benzene rings is 1. The van der Waals surface area contributed by atoms with Crippen LogP contribution in [-0.2, 0) is 6.42 Å². The monoisotopic (exact) mass is 175 g/mol. The van der Waals surface area contributed by atoms with Gasteiger partial charge in [-0.3, -0.25) is 0 Å². The summed E-state index contributed by atoms with van der Waals surface area (Å²) in [5.41, 5.74) is 1.72. The minimum atomic E-state index is 0.641. The van der Waals surface area contributed by atoms with E-state index in [4.69, 9.17) is 10.00 Å². The Morgan fingerprint density at radius 1 is 1.38 bits per heavy atom. The maximum Gasteiger partial charge on any atom is 0.123 e. The average Bonchev–Trinajstić information content (AvgIpc) is 2.18. The van der Waals surface area contributed by atoms with Crippen LogP contribution in [0, 0.1) is 11.3 Å². The van der Waals surface area contributed by atoms with Crippen molar-refractivity contribution in [2.45, 2.75) is 20.3 Å². The zero-order chi connectivity index (χ0) is 9.68. The van der Waals surface area contributed by atoms with Crippen molar-refractivity contribution in [2.24, 2.45) is 0 Å². The highest BCUT2D eigenvalue weighted by Gasteiger charge is 2.05. The molecule has 0 radical (unpaired) electrons. The molecule has 0 aromatic heterocycles. The molecule has 0 fully saturated rings. The van der Waals surface area contributed by atoms with Crippen LogP contribution in [0.15, 0.2) is 18.2 Å². The van der Waals surface area contributed by atoms with Gasteiger partial charge in [-0.15, -0.1) is 0 Å². The highest BCUT2D eigenvalue weighted by molar-refractivity contribution is 5.46. The van der Waals surface area contributed by atoms with Crippen LogP contribution >= 0.6 is 0 Å². The Bertz CT molecular complexity index is 325. The molecule has 13 heavy (non-hydrogen) atoms. The second kappa shape index (κ2) is 4.51. The number of hydrogen-bond acceptors (Lipinski definition) is 2.